The van der Waals surface area contributed by atoms with E-state index >= 15 is 0 Å². The number of anilines is 1. The summed E-state index contributed by atoms with van der Waals surface area (Å²) in [7, 11) is 0. The Morgan fingerprint density at radius 1 is 1.54 bits per heavy atom. The van der Waals surface area contributed by atoms with Gasteiger partial charge < -0.3 is 4.98 Å². The van der Waals surface area contributed by atoms with Gasteiger partial charge in [0.15, 0.2) is 9.90 Å². The number of carbonyl (C=O) groups excluding carboxylic acids is 1. The Bertz CT molecular complexity index is 1060. The third-order valence-corrected chi connectivity index (χ3v) is 4.59. The first-order chi connectivity index (χ1) is 11.5. The largest absolute Gasteiger partial charge is 0.332 e. The number of rotatable bonds is 4. The van der Waals surface area contributed by atoms with Crippen LogP contribution >= 0.6 is 23.6 Å². The molecule has 3 rings (SSSR count). The molecule has 2 aromatic heterocycles. The maximum absolute atomic E-state index is 12.4. The first-order valence-corrected chi connectivity index (χ1v) is 8.39. The Kier molecular flexibility index (Phi) is 4.41. The number of aromatic amines is 1. The van der Waals surface area contributed by atoms with Gasteiger partial charge in [0, 0.05) is 17.5 Å². The van der Waals surface area contributed by atoms with Crippen LogP contribution in [0.3, 0.4) is 0 Å². The van der Waals surface area contributed by atoms with Crippen molar-refractivity contribution in [3.8, 4) is 0 Å². The third kappa shape index (κ3) is 3.06. The summed E-state index contributed by atoms with van der Waals surface area (Å²) in [6.45, 7) is 5.81. The van der Waals surface area contributed by atoms with Gasteiger partial charge in [0.2, 0.25) is 0 Å². The van der Waals surface area contributed by atoms with Crippen LogP contribution in [0.4, 0.5) is 5.13 Å². The van der Waals surface area contributed by atoms with Gasteiger partial charge in [0.25, 0.3) is 11.5 Å². The fourth-order valence-electron chi connectivity index (χ4n) is 2.27. The van der Waals surface area contributed by atoms with Crippen LogP contribution < -0.4 is 10.9 Å². The van der Waals surface area contributed by atoms with Crippen molar-refractivity contribution in [1.82, 2.24) is 14.5 Å². The van der Waals surface area contributed by atoms with Crippen molar-refractivity contribution in [2.75, 3.05) is 5.32 Å². The Morgan fingerprint density at radius 3 is 3.00 bits per heavy atom. The highest BCUT2D eigenvalue weighted by Gasteiger charge is 2.11. The Balaban J connectivity index is 2.01. The first-order valence-electron chi connectivity index (χ1n) is 7.11. The molecule has 1 amide bonds. The predicted octanol–water partition coefficient (Wildman–Crippen LogP) is 3.26. The number of benzene rings is 1. The number of nitrogens with one attached hydrogen (secondary N) is 2. The number of H-pyrrole nitrogens is 1. The molecule has 0 aliphatic heterocycles. The summed E-state index contributed by atoms with van der Waals surface area (Å²) >= 11 is 6.56. The van der Waals surface area contributed by atoms with Crippen molar-refractivity contribution < 1.29 is 4.79 Å². The van der Waals surface area contributed by atoms with E-state index < -0.39 is 0 Å². The molecule has 0 unspecified atom stereocenters. The number of allylic oxidation sites excluding steroid dienone is 1. The second-order valence-electron chi connectivity index (χ2n) is 5.14. The third-order valence-electron chi connectivity index (χ3n) is 3.40. The van der Waals surface area contributed by atoms with E-state index in [2.05, 4.69) is 21.9 Å². The zero-order chi connectivity index (χ0) is 17.3. The molecule has 1 aromatic carbocycles. The molecule has 2 heterocycles. The quantitative estimate of drug-likeness (QED) is 0.554. The second kappa shape index (κ2) is 6.50. The molecule has 0 bridgehead atoms. The molecule has 3 aromatic rings. The van der Waals surface area contributed by atoms with E-state index in [0.29, 0.717) is 32.9 Å². The fraction of sp³-hybridized carbons (Fsp3) is 0.125. The lowest BCUT2D eigenvalue weighted by molar-refractivity contribution is 0.102. The smallest absolute Gasteiger partial charge is 0.262 e. The second-order valence-corrected chi connectivity index (χ2v) is 6.39. The highest BCUT2D eigenvalue weighted by molar-refractivity contribution is 7.71. The molecule has 2 N–H and O–H groups in total. The van der Waals surface area contributed by atoms with Gasteiger partial charge in [-0.15, -0.1) is 17.9 Å². The van der Waals surface area contributed by atoms with Gasteiger partial charge in [0.1, 0.15) is 0 Å². The minimum Gasteiger partial charge on any atom is -0.332 e. The Hall–Kier alpha value is -2.58. The topological polar surface area (TPSA) is 79.8 Å². The molecule has 122 valence electrons. The molecule has 0 aliphatic rings. The molecule has 0 fully saturated rings. The van der Waals surface area contributed by atoms with Gasteiger partial charge in [-0.1, -0.05) is 6.08 Å². The van der Waals surface area contributed by atoms with E-state index in [0.717, 1.165) is 5.69 Å². The molecular weight excluding hydrogens is 344 g/mol. The van der Waals surface area contributed by atoms with E-state index in [9.17, 15) is 9.59 Å². The molecule has 0 saturated carbocycles. The van der Waals surface area contributed by atoms with Crippen LogP contribution in [0.15, 0.2) is 41.0 Å². The number of hydrogen-bond acceptors (Lipinski definition) is 5. The number of thiazole rings is 1. The average Bonchev–Trinajstić information content (AvgIpc) is 2.95. The molecule has 0 atom stereocenters. The molecule has 24 heavy (non-hydrogen) atoms. The lowest BCUT2D eigenvalue weighted by Crippen LogP contribution is -2.22. The lowest BCUT2D eigenvalue weighted by Gasteiger charge is -2.07. The van der Waals surface area contributed by atoms with Gasteiger partial charge in [-0.25, -0.2) is 4.98 Å². The SMILES string of the molecule is C=CCn1c(=S)[nH]c2cc(C(=O)Nc3nc(C)cs3)ccc2c1=O. The molecule has 0 saturated heterocycles. The summed E-state index contributed by atoms with van der Waals surface area (Å²) in [6, 6.07) is 4.83. The van der Waals surface area contributed by atoms with Crippen molar-refractivity contribution >= 4 is 45.5 Å². The number of hydrogen-bond donors (Lipinski definition) is 2. The van der Waals surface area contributed by atoms with E-state index in [1.165, 1.54) is 15.9 Å². The van der Waals surface area contributed by atoms with Gasteiger partial charge in [-0.2, -0.15) is 0 Å². The zero-order valence-corrected chi connectivity index (χ0v) is 14.5. The summed E-state index contributed by atoms with van der Waals surface area (Å²) in [4.78, 5) is 31.9. The number of amides is 1. The number of aromatic nitrogens is 3. The van der Waals surface area contributed by atoms with Crippen LogP contribution in [-0.2, 0) is 6.54 Å². The van der Waals surface area contributed by atoms with Gasteiger partial charge >= 0.3 is 0 Å². The number of nitrogens with zero attached hydrogens (tertiary/aromatic N) is 2. The first kappa shape index (κ1) is 16.3. The normalized spacial score (nSPS) is 10.7. The van der Waals surface area contributed by atoms with Crippen molar-refractivity contribution in [2.45, 2.75) is 13.5 Å². The molecular formula is C16H14N4O2S2. The summed E-state index contributed by atoms with van der Waals surface area (Å²) < 4.78 is 1.71. The number of carbonyl (C=O) groups is 1. The van der Waals surface area contributed by atoms with Crippen molar-refractivity contribution in [3.05, 3.63) is 62.6 Å². The Labute approximate surface area is 146 Å². The monoisotopic (exact) mass is 358 g/mol. The zero-order valence-electron chi connectivity index (χ0n) is 12.8. The average molecular weight is 358 g/mol. The molecule has 0 aliphatic carbocycles. The highest BCUT2D eigenvalue weighted by Crippen LogP contribution is 2.17. The van der Waals surface area contributed by atoms with Crippen LogP contribution in [0.25, 0.3) is 10.9 Å². The summed E-state index contributed by atoms with van der Waals surface area (Å²) in [6.07, 6.45) is 1.61. The summed E-state index contributed by atoms with van der Waals surface area (Å²) in [5.41, 5.74) is 1.58. The van der Waals surface area contributed by atoms with Crippen LogP contribution in [0.5, 0.6) is 0 Å². The minimum atomic E-state index is -0.291. The van der Waals surface area contributed by atoms with Crippen molar-refractivity contribution in [2.24, 2.45) is 0 Å². The Morgan fingerprint density at radius 2 is 2.33 bits per heavy atom. The van der Waals surface area contributed by atoms with Crippen LogP contribution in [-0.4, -0.2) is 20.4 Å². The predicted molar refractivity (Wildman–Crippen MR) is 98.4 cm³/mol. The standard InChI is InChI=1S/C16H14N4O2S2/c1-3-6-20-14(22)11-5-4-10(7-12(11)18-16(20)23)13(21)19-15-17-9(2)8-24-15/h3-5,7-8H,1,6H2,2H3,(H,18,23)(H,17,19,21). The molecule has 6 nitrogen and oxygen atoms in total. The summed E-state index contributed by atoms with van der Waals surface area (Å²) in [5, 5.41) is 5.59. The van der Waals surface area contributed by atoms with Gasteiger partial charge in [-0.05, 0) is 37.3 Å². The van der Waals surface area contributed by atoms with Gasteiger partial charge in [0.05, 0.1) is 16.6 Å². The van der Waals surface area contributed by atoms with Gasteiger partial charge in [-0.3, -0.25) is 19.5 Å². The van der Waals surface area contributed by atoms with Crippen molar-refractivity contribution in [1.29, 1.82) is 0 Å². The van der Waals surface area contributed by atoms with E-state index in [1.807, 2.05) is 12.3 Å². The maximum atomic E-state index is 12.4. The number of fused-ring (bicyclic) bond motifs is 1. The van der Waals surface area contributed by atoms with Crippen molar-refractivity contribution in [3.63, 3.8) is 0 Å². The molecule has 0 spiro atoms. The maximum Gasteiger partial charge on any atom is 0.262 e. The molecule has 0 radical (unpaired) electrons. The minimum absolute atomic E-state index is 0.212. The van der Waals surface area contributed by atoms with Crippen LogP contribution in [0.2, 0.25) is 0 Å². The van der Waals surface area contributed by atoms with E-state index in [1.54, 1.807) is 24.3 Å². The number of aryl methyl sites for hydroxylation is 1. The van der Waals surface area contributed by atoms with E-state index in [4.69, 9.17) is 12.2 Å². The van der Waals surface area contributed by atoms with Crippen LogP contribution in [0.1, 0.15) is 16.1 Å². The lowest BCUT2D eigenvalue weighted by atomic mass is 10.1. The molecule has 8 heteroatoms. The van der Waals surface area contributed by atoms with Crippen LogP contribution in [0, 0.1) is 11.7 Å². The highest BCUT2D eigenvalue weighted by atomic mass is 32.1. The summed E-state index contributed by atoms with van der Waals surface area (Å²) in [5.74, 6) is -0.291. The van der Waals surface area contributed by atoms with E-state index in [-0.39, 0.29) is 11.5 Å². The fourth-order valence-corrected chi connectivity index (χ4v) is 3.22.